The lowest BCUT2D eigenvalue weighted by Gasteiger charge is -2.33. The highest BCUT2D eigenvalue weighted by Crippen LogP contribution is 2.36. The van der Waals surface area contributed by atoms with Gasteiger partial charge in [0.15, 0.2) is 0 Å². The van der Waals surface area contributed by atoms with Gasteiger partial charge in [-0.3, -0.25) is 0 Å². The Labute approximate surface area is 107 Å². The van der Waals surface area contributed by atoms with Crippen LogP contribution in [0.15, 0.2) is 18.3 Å². The van der Waals surface area contributed by atoms with Gasteiger partial charge in [-0.15, -0.1) is 0 Å². The summed E-state index contributed by atoms with van der Waals surface area (Å²) in [5.41, 5.74) is 0.624. The topological polar surface area (TPSA) is 57.9 Å². The van der Waals surface area contributed by atoms with Crippen molar-refractivity contribution in [3.63, 3.8) is 0 Å². The first kappa shape index (κ1) is 11.5. The molecular weight excluding hydrogens is 226 g/mol. The fraction of sp³-hybridized carbons (Fsp3) is 0.571. The number of hydrogen-bond donors (Lipinski definition) is 1. The third-order valence-electron chi connectivity index (χ3n) is 4.03. The molecule has 4 nitrogen and oxygen atoms in total. The van der Waals surface area contributed by atoms with Gasteiger partial charge in [-0.1, -0.05) is 0 Å². The molecule has 1 aliphatic heterocycles. The van der Waals surface area contributed by atoms with Crippen LogP contribution in [0.5, 0.6) is 0 Å². The van der Waals surface area contributed by atoms with Gasteiger partial charge in [-0.2, -0.15) is 5.26 Å². The summed E-state index contributed by atoms with van der Waals surface area (Å²) in [6.07, 6.45) is 6.77. The van der Waals surface area contributed by atoms with Crippen LogP contribution in [0.3, 0.4) is 0 Å². The summed E-state index contributed by atoms with van der Waals surface area (Å²) in [7, 11) is 0. The van der Waals surface area contributed by atoms with Crippen LogP contribution in [0.4, 0.5) is 5.82 Å². The van der Waals surface area contributed by atoms with Crippen LogP contribution in [-0.2, 0) is 4.74 Å². The molecule has 0 amide bonds. The van der Waals surface area contributed by atoms with E-state index in [2.05, 4.69) is 16.4 Å². The first-order valence-corrected chi connectivity index (χ1v) is 6.62. The predicted molar refractivity (Wildman–Crippen MR) is 68.1 cm³/mol. The van der Waals surface area contributed by atoms with Gasteiger partial charge in [0.2, 0.25) is 0 Å². The number of nitrogens with zero attached hydrogens (tertiary/aromatic N) is 2. The van der Waals surface area contributed by atoms with Gasteiger partial charge in [0.1, 0.15) is 11.9 Å². The molecule has 2 aliphatic rings. The Balaban J connectivity index is 1.77. The van der Waals surface area contributed by atoms with Gasteiger partial charge in [-0.25, -0.2) is 4.98 Å². The molecule has 3 rings (SSSR count). The maximum Gasteiger partial charge on any atom is 0.144 e. The van der Waals surface area contributed by atoms with E-state index in [4.69, 9.17) is 10.00 Å². The van der Waals surface area contributed by atoms with Crippen LogP contribution < -0.4 is 5.32 Å². The zero-order valence-corrected chi connectivity index (χ0v) is 10.3. The molecule has 0 bridgehead atoms. The van der Waals surface area contributed by atoms with Gasteiger partial charge in [0, 0.05) is 24.8 Å². The average Bonchev–Trinajstić information content (AvgIpc) is 2.89. The van der Waals surface area contributed by atoms with E-state index in [0.717, 1.165) is 25.3 Å². The number of pyridine rings is 1. The lowest BCUT2D eigenvalue weighted by atomic mass is 9.82. The predicted octanol–water partition coefficient (Wildman–Crippen LogP) is 2.32. The SMILES string of the molecule is N#Cc1cccnc1N[C@@H]1CCC[C@@H]2OCC[C@@H]21. The Hall–Kier alpha value is -1.60. The molecule has 1 aromatic rings. The second-order valence-corrected chi connectivity index (χ2v) is 5.05. The second-order valence-electron chi connectivity index (χ2n) is 5.05. The number of aromatic nitrogens is 1. The van der Waals surface area contributed by atoms with Crippen molar-refractivity contribution >= 4 is 5.82 Å². The van der Waals surface area contributed by atoms with E-state index in [1.165, 1.54) is 12.8 Å². The fourth-order valence-corrected chi connectivity index (χ4v) is 3.14. The largest absolute Gasteiger partial charge is 0.378 e. The molecule has 1 N–H and O–H groups in total. The molecule has 1 aliphatic carbocycles. The molecule has 1 saturated heterocycles. The minimum Gasteiger partial charge on any atom is -0.378 e. The first-order valence-electron chi connectivity index (χ1n) is 6.62. The van der Waals surface area contributed by atoms with Crippen LogP contribution in [0, 0.1) is 17.2 Å². The molecule has 18 heavy (non-hydrogen) atoms. The molecule has 2 heterocycles. The summed E-state index contributed by atoms with van der Waals surface area (Å²) in [4.78, 5) is 4.28. The van der Waals surface area contributed by atoms with Crippen LogP contribution >= 0.6 is 0 Å². The summed E-state index contributed by atoms with van der Waals surface area (Å²) in [5.74, 6) is 1.30. The van der Waals surface area contributed by atoms with E-state index in [0.29, 0.717) is 23.6 Å². The highest BCUT2D eigenvalue weighted by molar-refractivity contribution is 5.51. The number of rotatable bonds is 2. The summed E-state index contributed by atoms with van der Waals surface area (Å²) < 4.78 is 5.76. The number of ether oxygens (including phenoxy) is 1. The molecule has 0 unspecified atom stereocenters. The van der Waals surface area contributed by atoms with Crippen molar-refractivity contribution in [2.75, 3.05) is 11.9 Å². The van der Waals surface area contributed by atoms with Crippen molar-refractivity contribution in [3.05, 3.63) is 23.9 Å². The number of nitrogens with one attached hydrogen (secondary N) is 1. The van der Waals surface area contributed by atoms with E-state index >= 15 is 0 Å². The number of nitriles is 1. The highest BCUT2D eigenvalue weighted by Gasteiger charge is 2.37. The quantitative estimate of drug-likeness (QED) is 0.866. The van der Waals surface area contributed by atoms with Gasteiger partial charge < -0.3 is 10.1 Å². The van der Waals surface area contributed by atoms with Crippen LogP contribution in [0.1, 0.15) is 31.2 Å². The van der Waals surface area contributed by atoms with Crippen LogP contribution in [0.2, 0.25) is 0 Å². The van der Waals surface area contributed by atoms with E-state index in [1.807, 2.05) is 0 Å². The Morgan fingerprint density at radius 3 is 3.22 bits per heavy atom. The van der Waals surface area contributed by atoms with E-state index in [9.17, 15) is 0 Å². The van der Waals surface area contributed by atoms with E-state index in [1.54, 1.807) is 18.3 Å². The number of anilines is 1. The lowest BCUT2D eigenvalue weighted by molar-refractivity contribution is 0.0619. The Bertz CT molecular complexity index is 468. The van der Waals surface area contributed by atoms with E-state index in [-0.39, 0.29) is 0 Å². The van der Waals surface area contributed by atoms with Crippen molar-refractivity contribution in [1.29, 1.82) is 5.26 Å². The van der Waals surface area contributed by atoms with Crippen molar-refractivity contribution < 1.29 is 4.74 Å². The van der Waals surface area contributed by atoms with Gasteiger partial charge in [-0.05, 0) is 37.8 Å². The highest BCUT2D eigenvalue weighted by atomic mass is 16.5. The molecule has 2 fully saturated rings. The molecule has 1 saturated carbocycles. The Kier molecular flexibility index (Phi) is 3.16. The number of fused-ring (bicyclic) bond motifs is 1. The zero-order chi connectivity index (χ0) is 12.4. The molecular formula is C14H17N3O. The lowest BCUT2D eigenvalue weighted by Crippen LogP contribution is -2.38. The maximum atomic E-state index is 9.08. The maximum absolute atomic E-state index is 9.08. The minimum atomic E-state index is 0.397. The van der Waals surface area contributed by atoms with Crippen molar-refractivity contribution in [2.45, 2.75) is 37.8 Å². The molecule has 1 aromatic heterocycles. The third-order valence-corrected chi connectivity index (χ3v) is 4.03. The van der Waals surface area contributed by atoms with Gasteiger partial charge in [0.05, 0.1) is 11.7 Å². The summed E-state index contributed by atoms with van der Waals surface area (Å²) >= 11 is 0. The Morgan fingerprint density at radius 1 is 1.39 bits per heavy atom. The van der Waals surface area contributed by atoms with Crippen LogP contribution in [0.25, 0.3) is 0 Å². The first-order chi connectivity index (χ1) is 8.88. The smallest absolute Gasteiger partial charge is 0.144 e. The average molecular weight is 243 g/mol. The molecule has 0 spiro atoms. The fourth-order valence-electron chi connectivity index (χ4n) is 3.14. The van der Waals surface area contributed by atoms with Crippen molar-refractivity contribution in [2.24, 2.45) is 5.92 Å². The standard InChI is InChI=1S/C14H17N3O/c15-9-10-3-2-7-16-14(10)17-12-4-1-5-13-11(12)6-8-18-13/h2-3,7,11-13H,1,4-6,8H2,(H,16,17)/t11-,12-,13+/m1/s1. The second kappa shape index (κ2) is 4.95. The number of hydrogen-bond acceptors (Lipinski definition) is 4. The summed E-state index contributed by atoms with van der Waals surface area (Å²) in [5, 5.41) is 12.5. The van der Waals surface area contributed by atoms with Gasteiger partial charge >= 0.3 is 0 Å². The van der Waals surface area contributed by atoms with Crippen LogP contribution in [-0.4, -0.2) is 23.7 Å². The summed E-state index contributed by atoms with van der Waals surface area (Å²) in [6.45, 7) is 0.876. The Morgan fingerprint density at radius 2 is 2.33 bits per heavy atom. The third kappa shape index (κ3) is 2.06. The molecule has 0 radical (unpaired) electrons. The normalized spacial score (nSPS) is 30.5. The molecule has 94 valence electrons. The minimum absolute atomic E-state index is 0.397. The molecule has 0 aromatic carbocycles. The van der Waals surface area contributed by atoms with Gasteiger partial charge in [0.25, 0.3) is 0 Å². The van der Waals surface area contributed by atoms with E-state index < -0.39 is 0 Å². The van der Waals surface area contributed by atoms with Crippen molar-refractivity contribution in [3.8, 4) is 6.07 Å². The van der Waals surface area contributed by atoms with Crippen molar-refractivity contribution in [1.82, 2.24) is 4.98 Å². The molecule has 4 heteroatoms. The summed E-state index contributed by atoms with van der Waals surface area (Å²) in [6, 6.07) is 6.19. The monoisotopic (exact) mass is 243 g/mol. The molecule has 3 atom stereocenters. The zero-order valence-electron chi connectivity index (χ0n) is 10.3.